The van der Waals surface area contributed by atoms with Gasteiger partial charge in [0.1, 0.15) is 18.1 Å². The zero-order valence-electron chi connectivity index (χ0n) is 15.4. The topological polar surface area (TPSA) is 47.6 Å². The standard InChI is InChI=1S/C22H22ClNO3/c1-15-7-9-19(14-21(15)23)26-12-11-24-22(25)16(2)27-20-10-8-17-5-3-4-6-18(17)13-20/h3-10,13-14,16H,11-12H2,1-2H3,(H,24,25)/t16-/m1/s1. The molecule has 3 aromatic carbocycles. The Balaban J connectivity index is 1.46. The molecule has 3 aromatic rings. The first-order valence-electron chi connectivity index (χ1n) is 8.85. The third-order valence-electron chi connectivity index (χ3n) is 4.22. The van der Waals surface area contributed by atoms with Crippen molar-refractivity contribution < 1.29 is 14.3 Å². The summed E-state index contributed by atoms with van der Waals surface area (Å²) in [5.41, 5.74) is 0.997. The largest absolute Gasteiger partial charge is 0.492 e. The summed E-state index contributed by atoms with van der Waals surface area (Å²) < 4.78 is 11.4. The van der Waals surface area contributed by atoms with Gasteiger partial charge in [0.15, 0.2) is 6.10 Å². The molecular weight excluding hydrogens is 362 g/mol. The molecule has 0 aliphatic carbocycles. The van der Waals surface area contributed by atoms with Crippen molar-refractivity contribution in [2.24, 2.45) is 0 Å². The molecule has 0 aromatic heterocycles. The number of halogens is 1. The van der Waals surface area contributed by atoms with E-state index >= 15 is 0 Å². The SMILES string of the molecule is Cc1ccc(OCCNC(=O)[C@@H](C)Oc2ccc3ccccc3c2)cc1Cl. The van der Waals surface area contributed by atoms with Crippen molar-refractivity contribution in [3.63, 3.8) is 0 Å². The van der Waals surface area contributed by atoms with Crippen molar-refractivity contribution in [1.29, 1.82) is 0 Å². The predicted molar refractivity (Wildman–Crippen MR) is 109 cm³/mol. The van der Waals surface area contributed by atoms with Gasteiger partial charge in [-0.1, -0.05) is 48.0 Å². The molecule has 0 fully saturated rings. The Labute approximate surface area is 164 Å². The summed E-state index contributed by atoms with van der Waals surface area (Å²) in [5, 5.41) is 5.69. The average molecular weight is 384 g/mol. The van der Waals surface area contributed by atoms with Gasteiger partial charge in [-0.25, -0.2) is 0 Å². The van der Waals surface area contributed by atoms with E-state index in [9.17, 15) is 4.79 Å². The normalized spacial score (nSPS) is 11.8. The summed E-state index contributed by atoms with van der Waals surface area (Å²) in [5.74, 6) is 1.16. The highest BCUT2D eigenvalue weighted by atomic mass is 35.5. The Morgan fingerprint density at radius 1 is 1.04 bits per heavy atom. The molecule has 0 radical (unpaired) electrons. The molecule has 0 bridgehead atoms. The number of fused-ring (bicyclic) bond motifs is 1. The van der Waals surface area contributed by atoms with Crippen LogP contribution in [0.3, 0.4) is 0 Å². The van der Waals surface area contributed by atoms with Crippen LogP contribution in [0.15, 0.2) is 60.7 Å². The Kier molecular flexibility index (Phi) is 6.20. The van der Waals surface area contributed by atoms with Crippen LogP contribution in [-0.2, 0) is 4.79 Å². The molecule has 4 nitrogen and oxygen atoms in total. The number of nitrogens with one attached hydrogen (secondary N) is 1. The number of hydrogen-bond acceptors (Lipinski definition) is 3. The summed E-state index contributed by atoms with van der Waals surface area (Å²) in [6.45, 7) is 4.40. The van der Waals surface area contributed by atoms with Crippen LogP contribution in [0.4, 0.5) is 0 Å². The highest BCUT2D eigenvalue weighted by molar-refractivity contribution is 6.31. The molecule has 0 aliphatic rings. The number of benzene rings is 3. The minimum Gasteiger partial charge on any atom is -0.492 e. The van der Waals surface area contributed by atoms with Gasteiger partial charge in [0.25, 0.3) is 5.91 Å². The number of aryl methyl sites for hydroxylation is 1. The van der Waals surface area contributed by atoms with Crippen LogP contribution in [0.2, 0.25) is 5.02 Å². The van der Waals surface area contributed by atoms with E-state index in [1.54, 1.807) is 13.0 Å². The summed E-state index contributed by atoms with van der Waals surface area (Å²) in [7, 11) is 0. The van der Waals surface area contributed by atoms with Gasteiger partial charge in [0, 0.05) is 5.02 Å². The van der Waals surface area contributed by atoms with E-state index in [0.29, 0.717) is 29.7 Å². The zero-order valence-corrected chi connectivity index (χ0v) is 16.1. The van der Waals surface area contributed by atoms with Crippen molar-refractivity contribution in [2.75, 3.05) is 13.2 Å². The number of rotatable bonds is 7. The van der Waals surface area contributed by atoms with E-state index in [0.717, 1.165) is 16.3 Å². The molecule has 0 spiro atoms. The molecule has 27 heavy (non-hydrogen) atoms. The molecule has 140 valence electrons. The van der Waals surface area contributed by atoms with E-state index < -0.39 is 6.10 Å². The van der Waals surface area contributed by atoms with Crippen molar-refractivity contribution in [2.45, 2.75) is 20.0 Å². The summed E-state index contributed by atoms with van der Waals surface area (Å²) >= 11 is 6.07. The van der Waals surface area contributed by atoms with Gasteiger partial charge in [0.05, 0.1) is 6.54 Å². The third kappa shape index (κ3) is 5.14. The molecule has 1 amide bonds. The maximum atomic E-state index is 12.2. The molecule has 1 atom stereocenters. The number of carbonyl (C=O) groups excluding carboxylic acids is 1. The van der Waals surface area contributed by atoms with Gasteiger partial charge in [-0.15, -0.1) is 0 Å². The molecule has 1 N–H and O–H groups in total. The number of ether oxygens (including phenoxy) is 2. The van der Waals surface area contributed by atoms with Gasteiger partial charge in [-0.05, 0) is 54.4 Å². The Hall–Kier alpha value is -2.72. The van der Waals surface area contributed by atoms with Gasteiger partial charge >= 0.3 is 0 Å². The summed E-state index contributed by atoms with van der Waals surface area (Å²) in [6.07, 6.45) is -0.597. The van der Waals surface area contributed by atoms with E-state index in [4.69, 9.17) is 21.1 Å². The summed E-state index contributed by atoms with van der Waals surface area (Å²) in [6, 6.07) is 19.3. The zero-order chi connectivity index (χ0) is 19.2. The maximum Gasteiger partial charge on any atom is 0.260 e. The molecule has 0 saturated heterocycles. The van der Waals surface area contributed by atoms with Crippen molar-refractivity contribution in [3.05, 3.63) is 71.2 Å². The van der Waals surface area contributed by atoms with E-state index in [-0.39, 0.29) is 5.91 Å². The first kappa shape index (κ1) is 19.1. The number of hydrogen-bond donors (Lipinski definition) is 1. The first-order valence-corrected chi connectivity index (χ1v) is 9.23. The van der Waals surface area contributed by atoms with Crippen LogP contribution < -0.4 is 14.8 Å². The molecule has 5 heteroatoms. The Morgan fingerprint density at radius 2 is 1.78 bits per heavy atom. The molecule has 0 saturated carbocycles. The van der Waals surface area contributed by atoms with Crippen LogP contribution in [0, 0.1) is 6.92 Å². The Morgan fingerprint density at radius 3 is 2.56 bits per heavy atom. The van der Waals surface area contributed by atoms with E-state index in [1.807, 2.05) is 61.5 Å². The summed E-state index contributed by atoms with van der Waals surface area (Å²) in [4.78, 5) is 12.2. The Bertz CT molecular complexity index is 942. The lowest BCUT2D eigenvalue weighted by molar-refractivity contribution is -0.127. The fraction of sp³-hybridized carbons (Fsp3) is 0.227. The quantitative estimate of drug-likeness (QED) is 0.598. The highest BCUT2D eigenvalue weighted by Crippen LogP contribution is 2.22. The van der Waals surface area contributed by atoms with Gasteiger partial charge in [-0.3, -0.25) is 4.79 Å². The van der Waals surface area contributed by atoms with Crippen molar-refractivity contribution in [3.8, 4) is 11.5 Å². The van der Waals surface area contributed by atoms with Crippen LogP contribution in [0.1, 0.15) is 12.5 Å². The molecule has 3 rings (SSSR count). The predicted octanol–water partition coefficient (Wildman–Crippen LogP) is 4.76. The average Bonchev–Trinajstić information content (AvgIpc) is 2.67. The van der Waals surface area contributed by atoms with Gasteiger partial charge in [-0.2, -0.15) is 0 Å². The van der Waals surface area contributed by atoms with Crippen molar-refractivity contribution in [1.82, 2.24) is 5.32 Å². The van der Waals surface area contributed by atoms with Crippen LogP contribution in [-0.4, -0.2) is 25.2 Å². The lowest BCUT2D eigenvalue weighted by Crippen LogP contribution is -2.38. The van der Waals surface area contributed by atoms with Gasteiger partial charge < -0.3 is 14.8 Å². The minimum absolute atomic E-state index is 0.186. The minimum atomic E-state index is -0.597. The smallest absolute Gasteiger partial charge is 0.260 e. The molecule has 0 aliphatic heterocycles. The van der Waals surface area contributed by atoms with E-state index in [1.165, 1.54) is 0 Å². The van der Waals surface area contributed by atoms with Crippen molar-refractivity contribution >= 4 is 28.3 Å². The van der Waals surface area contributed by atoms with Crippen LogP contribution in [0.25, 0.3) is 10.8 Å². The second kappa shape index (κ2) is 8.78. The highest BCUT2D eigenvalue weighted by Gasteiger charge is 2.14. The fourth-order valence-electron chi connectivity index (χ4n) is 2.65. The lowest BCUT2D eigenvalue weighted by Gasteiger charge is -2.15. The van der Waals surface area contributed by atoms with Crippen LogP contribution in [0.5, 0.6) is 11.5 Å². The first-order chi connectivity index (χ1) is 13.0. The molecular formula is C22H22ClNO3. The number of amides is 1. The lowest BCUT2D eigenvalue weighted by atomic mass is 10.1. The van der Waals surface area contributed by atoms with E-state index in [2.05, 4.69) is 5.32 Å². The molecule has 0 heterocycles. The molecule has 0 unspecified atom stereocenters. The monoisotopic (exact) mass is 383 g/mol. The second-order valence-corrected chi connectivity index (χ2v) is 6.73. The third-order valence-corrected chi connectivity index (χ3v) is 4.62. The van der Waals surface area contributed by atoms with Gasteiger partial charge in [0.2, 0.25) is 0 Å². The van der Waals surface area contributed by atoms with Crippen LogP contribution >= 0.6 is 11.6 Å². The maximum absolute atomic E-state index is 12.2. The second-order valence-electron chi connectivity index (χ2n) is 6.32. The number of carbonyl (C=O) groups is 1. The fourth-order valence-corrected chi connectivity index (χ4v) is 2.82.